The average Bonchev–Trinajstić information content (AvgIpc) is 3.33. The maximum absolute atomic E-state index is 12.9. The molecule has 0 aliphatic carbocycles. The molecule has 0 saturated carbocycles. The summed E-state index contributed by atoms with van der Waals surface area (Å²) in [7, 11) is 0. The fraction of sp³-hybridized carbons (Fsp3) is 0.154. The number of hydrogen-bond acceptors (Lipinski definition) is 5. The monoisotopic (exact) mass is 436 g/mol. The van der Waals surface area contributed by atoms with E-state index in [-0.39, 0.29) is 11.5 Å². The molecule has 0 atom stereocenters. The molecule has 0 aliphatic heterocycles. The Hall–Kier alpha value is -4.26. The van der Waals surface area contributed by atoms with Gasteiger partial charge in [-0.25, -0.2) is 4.98 Å². The standard InChI is InChI=1S/C26H24N6O/c1-18(2)32-17-27-30-26(32)21-11-7-13-24(29-21)28-20-10-6-12-22-25(20)23(33)14-15-31(22)16-19-8-4-3-5-9-19/h3-15,17-18H,16H2,1-2H3,(H,28,29). The third-order valence-corrected chi connectivity index (χ3v) is 5.57. The first-order valence-electron chi connectivity index (χ1n) is 10.9. The van der Waals surface area contributed by atoms with Crippen molar-refractivity contribution in [3.63, 3.8) is 0 Å². The molecule has 0 aliphatic rings. The molecule has 3 heterocycles. The van der Waals surface area contributed by atoms with Gasteiger partial charge in [0.1, 0.15) is 17.8 Å². The van der Waals surface area contributed by atoms with E-state index in [9.17, 15) is 4.79 Å². The van der Waals surface area contributed by atoms with Crippen molar-refractivity contribution in [1.29, 1.82) is 0 Å². The molecule has 0 bridgehead atoms. The second kappa shape index (κ2) is 8.70. The number of fused-ring (bicyclic) bond motifs is 1. The highest BCUT2D eigenvalue weighted by Crippen LogP contribution is 2.26. The van der Waals surface area contributed by atoms with E-state index < -0.39 is 0 Å². The van der Waals surface area contributed by atoms with Gasteiger partial charge in [0, 0.05) is 24.8 Å². The van der Waals surface area contributed by atoms with E-state index in [2.05, 4.69) is 46.1 Å². The zero-order valence-corrected chi connectivity index (χ0v) is 18.5. The highest BCUT2D eigenvalue weighted by molar-refractivity contribution is 5.93. The molecular weight excluding hydrogens is 412 g/mol. The second-order valence-corrected chi connectivity index (χ2v) is 8.18. The first-order valence-corrected chi connectivity index (χ1v) is 10.9. The van der Waals surface area contributed by atoms with Gasteiger partial charge in [0.2, 0.25) is 0 Å². The molecule has 5 aromatic rings. The fourth-order valence-electron chi connectivity index (χ4n) is 3.95. The van der Waals surface area contributed by atoms with Crippen LogP contribution in [0.25, 0.3) is 22.4 Å². The predicted octanol–water partition coefficient (Wildman–Crippen LogP) is 5.03. The Kier molecular flexibility index (Phi) is 5.44. The van der Waals surface area contributed by atoms with Crippen molar-refractivity contribution in [1.82, 2.24) is 24.3 Å². The Morgan fingerprint density at radius 2 is 1.76 bits per heavy atom. The lowest BCUT2D eigenvalue weighted by atomic mass is 10.1. The zero-order chi connectivity index (χ0) is 22.8. The Morgan fingerprint density at radius 3 is 2.58 bits per heavy atom. The normalized spacial score (nSPS) is 11.2. The van der Waals surface area contributed by atoms with E-state index in [1.54, 1.807) is 12.4 Å². The summed E-state index contributed by atoms with van der Waals surface area (Å²) in [5.74, 6) is 1.34. The highest BCUT2D eigenvalue weighted by Gasteiger charge is 2.13. The van der Waals surface area contributed by atoms with Crippen LogP contribution in [0.4, 0.5) is 11.5 Å². The SMILES string of the molecule is CC(C)n1cnnc1-c1cccc(Nc2cccc3c2c(=O)ccn3Cc2ccccc2)n1. The first-order chi connectivity index (χ1) is 16.1. The molecule has 7 nitrogen and oxygen atoms in total. The fourth-order valence-corrected chi connectivity index (χ4v) is 3.95. The lowest BCUT2D eigenvalue weighted by Crippen LogP contribution is -2.11. The zero-order valence-electron chi connectivity index (χ0n) is 18.5. The second-order valence-electron chi connectivity index (χ2n) is 8.18. The largest absolute Gasteiger partial charge is 0.343 e. The molecule has 0 spiro atoms. The minimum Gasteiger partial charge on any atom is -0.343 e. The van der Waals surface area contributed by atoms with Crippen LogP contribution in [0.2, 0.25) is 0 Å². The molecule has 164 valence electrons. The summed E-state index contributed by atoms with van der Waals surface area (Å²) in [6, 6.07) is 23.6. The summed E-state index contributed by atoms with van der Waals surface area (Å²) in [6.07, 6.45) is 3.56. The molecule has 0 amide bonds. The van der Waals surface area contributed by atoms with Crippen molar-refractivity contribution in [3.8, 4) is 11.5 Å². The van der Waals surface area contributed by atoms with Gasteiger partial charge in [0.05, 0.1) is 16.6 Å². The molecular formula is C26H24N6O. The lowest BCUT2D eigenvalue weighted by molar-refractivity contribution is 0.603. The predicted molar refractivity (Wildman–Crippen MR) is 131 cm³/mol. The van der Waals surface area contributed by atoms with Gasteiger partial charge < -0.3 is 14.5 Å². The van der Waals surface area contributed by atoms with Crippen molar-refractivity contribution in [3.05, 3.63) is 101 Å². The molecule has 5 rings (SSSR count). The molecule has 0 unspecified atom stereocenters. The number of aromatic nitrogens is 5. The number of benzene rings is 2. The summed E-state index contributed by atoms with van der Waals surface area (Å²) in [4.78, 5) is 17.6. The van der Waals surface area contributed by atoms with Crippen molar-refractivity contribution in [2.75, 3.05) is 5.32 Å². The summed E-state index contributed by atoms with van der Waals surface area (Å²) in [6.45, 7) is 4.83. The van der Waals surface area contributed by atoms with Gasteiger partial charge >= 0.3 is 0 Å². The molecule has 33 heavy (non-hydrogen) atoms. The molecule has 7 heteroatoms. The van der Waals surface area contributed by atoms with Crippen molar-refractivity contribution in [2.45, 2.75) is 26.4 Å². The Labute approximate surface area is 191 Å². The number of pyridine rings is 2. The van der Waals surface area contributed by atoms with Gasteiger partial charge in [-0.05, 0) is 43.7 Å². The third kappa shape index (κ3) is 4.13. The highest BCUT2D eigenvalue weighted by atomic mass is 16.1. The van der Waals surface area contributed by atoms with Gasteiger partial charge in [-0.2, -0.15) is 0 Å². The lowest BCUT2D eigenvalue weighted by Gasteiger charge is -2.15. The molecule has 0 saturated heterocycles. The van der Waals surface area contributed by atoms with E-state index in [0.717, 1.165) is 11.2 Å². The summed E-state index contributed by atoms with van der Waals surface area (Å²) in [5.41, 5.74) is 3.44. The van der Waals surface area contributed by atoms with Crippen LogP contribution in [0.3, 0.4) is 0 Å². The number of rotatable bonds is 6. The molecule has 1 N–H and O–H groups in total. The summed E-state index contributed by atoms with van der Waals surface area (Å²) < 4.78 is 4.07. The van der Waals surface area contributed by atoms with Crippen LogP contribution in [-0.4, -0.2) is 24.3 Å². The maximum atomic E-state index is 12.9. The Morgan fingerprint density at radius 1 is 0.939 bits per heavy atom. The van der Waals surface area contributed by atoms with Crippen LogP contribution in [0, 0.1) is 0 Å². The number of hydrogen-bond donors (Lipinski definition) is 1. The van der Waals surface area contributed by atoms with Crippen molar-refractivity contribution >= 4 is 22.4 Å². The number of anilines is 2. The van der Waals surface area contributed by atoms with E-state index >= 15 is 0 Å². The maximum Gasteiger partial charge on any atom is 0.191 e. The number of nitrogens with one attached hydrogen (secondary N) is 1. The van der Waals surface area contributed by atoms with E-state index in [4.69, 9.17) is 4.98 Å². The molecule has 0 radical (unpaired) electrons. The molecule has 0 fully saturated rings. The third-order valence-electron chi connectivity index (χ3n) is 5.57. The average molecular weight is 437 g/mol. The van der Waals surface area contributed by atoms with Gasteiger partial charge in [-0.1, -0.05) is 42.5 Å². The topological polar surface area (TPSA) is 77.6 Å². The molecule has 2 aromatic carbocycles. The Bertz CT molecular complexity index is 1470. The van der Waals surface area contributed by atoms with E-state index in [0.29, 0.717) is 29.3 Å². The Balaban J connectivity index is 1.53. The number of nitrogens with zero attached hydrogens (tertiary/aromatic N) is 5. The van der Waals surface area contributed by atoms with Gasteiger partial charge in [0.15, 0.2) is 11.3 Å². The van der Waals surface area contributed by atoms with Crippen LogP contribution in [0.1, 0.15) is 25.5 Å². The van der Waals surface area contributed by atoms with Crippen LogP contribution in [0.15, 0.2) is 90.1 Å². The van der Waals surface area contributed by atoms with E-state index in [1.165, 1.54) is 5.56 Å². The van der Waals surface area contributed by atoms with Crippen LogP contribution >= 0.6 is 0 Å². The van der Waals surface area contributed by atoms with Crippen LogP contribution in [0.5, 0.6) is 0 Å². The molecule has 3 aromatic heterocycles. The minimum absolute atomic E-state index is 0.0342. The van der Waals surface area contributed by atoms with Crippen molar-refractivity contribution in [2.24, 2.45) is 0 Å². The summed E-state index contributed by atoms with van der Waals surface area (Å²) >= 11 is 0. The van der Waals surface area contributed by atoms with Gasteiger partial charge in [-0.3, -0.25) is 4.79 Å². The van der Waals surface area contributed by atoms with E-state index in [1.807, 2.05) is 65.4 Å². The van der Waals surface area contributed by atoms with Gasteiger partial charge in [0.25, 0.3) is 0 Å². The minimum atomic E-state index is -0.0342. The summed E-state index contributed by atoms with van der Waals surface area (Å²) in [5, 5.41) is 12.3. The quantitative estimate of drug-likeness (QED) is 0.404. The smallest absolute Gasteiger partial charge is 0.191 e. The van der Waals surface area contributed by atoms with Crippen molar-refractivity contribution < 1.29 is 0 Å². The van der Waals surface area contributed by atoms with Crippen LogP contribution < -0.4 is 10.7 Å². The van der Waals surface area contributed by atoms with Crippen LogP contribution in [-0.2, 0) is 6.54 Å². The van der Waals surface area contributed by atoms with Gasteiger partial charge in [-0.15, -0.1) is 10.2 Å². The first kappa shape index (κ1) is 20.6.